The molecule has 2 heterocycles. The summed E-state index contributed by atoms with van der Waals surface area (Å²) in [5, 5.41) is 5.90. The molecule has 4 rings (SSSR count). The van der Waals surface area contributed by atoms with Crippen molar-refractivity contribution in [3.63, 3.8) is 0 Å². The van der Waals surface area contributed by atoms with Gasteiger partial charge < -0.3 is 10.6 Å². The van der Waals surface area contributed by atoms with Crippen LogP contribution in [0.15, 0.2) is 59.5 Å². The molecule has 2 aromatic carbocycles. The van der Waals surface area contributed by atoms with Crippen LogP contribution in [0.3, 0.4) is 0 Å². The lowest BCUT2D eigenvalue weighted by Crippen LogP contribution is -2.59. The molecule has 2 saturated heterocycles. The first-order chi connectivity index (χ1) is 17.1. The molecule has 2 atom stereocenters. The summed E-state index contributed by atoms with van der Waals surface area (Å²) in [4.78, 5) is 26.8. The van der Waals surface area contributed by atoms with Gasteiger partial charge in [0.15, 0.2) is 5.78 Å². The molecule has 0 aromatic heterocycles. The number of halogens is 3. The summed E-state index contributed by atoms with van der Waals surface area (Å²) in [6, 6.07) is 10.3. The quantitative estimate of drug-likeness (QED) is 0.525. The van der Waals surface area contributed by atoms with Crippen LogP contribution in [-0.4, -0.2) is 62.1 Å². The Morgan fingerprint density at radius 2 is 1.67 bits per heavy atom. The van der Waals surface area contributed by atoms with Crippen molar-refractivity contribution in [3.8, 4) is 0 Å². The fourth-order valence-electron chi connectivity index (χ4n) is 4.88. The number of hydrogen-bond acceptors (Lipinski definition) is 5. The van der Waals surface area contributed by atoms with Gasteiger partial charge in [-0.2, -0.15) is 4.31 Å². The largest absolute Gasteiger partial charge is 0.354 e. The van der Waals surface area contributed by atoms with Crippen LogP contribution in [0, 0.1) is 5.92 Å². The minimum Gasteiger partial charge on any atom is -0.354 e. The molecule has 0 saturated carbocycles. The molecule has 2 aliphatic heterocycles. The number of Topliss-reactive ketones (excluding diaryl/α,β-unsaturated/α-hetero) is 1. The van der Waals surface area contributed by atoms with Gasteiger partial charge in [0.2, 0.25) is 15.9 Å². The van der Waals surface area contributed by atoms with Crippen molar-refractivity contribution in [3.05, 3.63) is 65.2 Å². The van der Waals surface area contributed by atoms with Crippen molar-refractivity contribution in [2.24, 2.45) is 5.92 Å². The van der Waals surface area contributed by atoms with E-state index in [2.05, 4.69) is 10.6 Å². The average Bonchev–Trinajstić information content (AvgIpc) is 3.00. The van der Waals surface area contributed by atoms with Gasteiger partial charge in [0.25, 0.3) is 5.92 Å². The van der Waals surface area contributed by atoms with Crippen molar-refractivity contribution in [2.45, 2.75) is 48.6 Å². The second-order valence-electron chi connectivity index (χ2n) is 9.17. The van der Waals surface area contributed by atoms with Crippen molar-refractivity contribution in [1.29, 1.82) is 0 Å². The Balaban J connectivity index is 1.91. The molecule has 1 amide bonds. The highest BCUT2D eigenvalue weighted by molar-refractivity contribution is 7.89. The van der Waals surface area contributed by atoms with E-state index < -0.39 is 58.5 Å². The van der Waals surface area contributed by atoms with E-state index in [1.54, 1.807) is 30.3 Å². The monoisotopic (exact) mass is 539 g/mol. The number of ketones is 1. The SMILES string of the molecule is O=C1NCCC(F)(F)CC1N(C(C(=O)c1ccccc1)C1CCNCC1)S(=O)(=O)c1ccc(Cl)cc1. The van der Waals surface area contributed by atoms with Crippen LogP contribution in [0.2, 0.25) is 5.02 Å². The molecular weight excluding hydrogens is 512 g/mol. The molecule has 11 heteroatoms. The molecule has 0 bridgehead atoms. The molecule has 194 valence electrons. The minimum atomic E-state index is -4.58. The van der Waals surface area contributed by atoms with Crippen LogP contribution in [0.4, 0.5) is 8.78 Å². The number of carbonyl (C=O) groups excluding carboxylic acids is 2. The standard InChI is InChI=1S/C25H28ClF2N3O4S/c26-19-6-8-20(9-7-19)36(34,35)31(21-16-25(27,28)12-15-30-24(21)33)22(17-10-13-29-14-11-17)23(32)18-4-2-1-3-5-18/h1-9,17,21-22,29H,10-16H2,(H,30,33). The van der Waals surface area contributed by atoms with E-state index in [-0.39, 0.29) is 22.0 Å². The van der Waals surface area contributed by atoms with Crippen molar-refractivity contribution in [2.75, 3.05) is 19.6 Å². The van der Waals surface area contributed by atoms with Crippen molar-refractivity contribution < 1.29 is 26.8 Å². The second-order valence-corrected chi connectivity index (χ2v) is 11.4. The first-order valence-corrected chi connectivity index (χ1v) is 13.7. The molecule has 0 aliphatic carbocycles. The van der Waals surface area contributed by atoms with Crippen molar-refractivity contribution >= 4 is 33.3 Å². The van der Waals surface area contributed by atoms with E-state index in [1.807, 2.05) is 0 Å². The predicted octanol–water partition coefficient (Wildman–Crippen LogP) is 3.50. The lowest BCUT2D eigenvalue weighted by atomic mass is 9.84. The summed E-state index contributed by atoms with van der Waals surface area (Å²) in [5.74, 6) is -5.15. The van der Waals surface area contributed by atoms with E-state index in [1.165, 1.54) is 24.3 Å². The van der Waals surface area contributed by atoms with Gasteiger partial charge in [-0.15, -0.1) is 0 Å². The van der Waals surface area contributed by atoms with E-state index in [4.69, 9.17) is 11.6 Å². The van der Waals surface area contributed by atoms with Gasteiger partial charge >= 0.3 is 0 Å². The minimum absolute atomic E-state index is 0.230. The van der Waals surface area contributed by atoms with E-state index in [0.29, 0.717) is 25.9 Å². The normalized spacial score (nSPS) is 22.0. The van der Waals surface area contributed by atoms with E-state index in [0.717, 1.165) is 4.31 Å². The van der Waals surface area contributed by atoms with Crippen LogP contribution in [0.1, 0.15) is 36.0 Å². The topological polar surface area (TPSA) is 95.6 Å². The number of hydrogen-bond donors (Lipinski definition) is 2. The zero-order valence-electron chi connectivity index (χ0n) is 19.5. The molecule has 2 aromatic rings. The van der Waals surface area contributed by atoms with Gasteiger partial charge in [-0.25, -0.2) is 17.2 Å². The smallest absolute Gasteiger partial charge is 0.251 e. The number of carbonyl (C=O) groups is 2. The second kappa shape index (κ2) is 10.9. The Morgan fingerprint density at radius 3 is 2.31 bits per heavy atom. The number of alkyl halides is 2. The van der Waals surface area contributed by atoms with Gasteiger partial charge in [0.1, 0.15) is 6.04 Å². The molecule has 0 spiro atoms. The number of piperidine rings is 1. The third-order valence-electron chi connectivity index (χ3n) is 6.71. The fourth-order valence-corrected chi connectivity index (χ4v) is 6.80. The summed E-state index contributed by atoms with van der Waals surface area (Å²) < 4.78 is 58.6. The van der Waals surface area contributed by atoms with Gasteiger partial charge in [-0.3, -0.25) is 9.59 Å². The summed E-state index contributed by atoms with van der Waals surface area (Å²) in [7, 11) is -4.58. The highest BCUT2D eigenvalue weighted by Crippen LogP contribution is 2.36. The molecule has 2 N–H and O–H groups in total. The molecule has 2 unspecified atom stereocenters. The van der Waals surface area contributed by atoms with Crippen LogP contribution < -0.4 is 10.6 Å². The Hall–Kier alpha value is -2.40. The number of benzene rings is 2. The summed E-state index contributed by atoms with van der Waals surface area (Å²) >= 11 is 5.95. The van der Waals surface area contributed by atoms with Gasteiger partial charge in [-0.1, -0.05) is 41.9 Å². The molecule has 36 heavy (non-hydrogen) atoms. The van der Waals surface area contributed by atoms with Crippen LogP contribution in [-0.2, 0) is 14.8 Å². The number of rotatable bonds is 7. The Labute approximate surface area is 214 Å². The van der Waals surface area contributed by atoms with Gasteiger partial charge in [0, 0.05) is 30.0 Å². The van der Waals surface area contributed by atoms with Crippen molar-refractivity contribution in [1.82, 2.24) is 14.9 Å². The summed E-state index contributed by atoms with van der Waals surface area (Å²) in [6.45, 7) is 0.776. The Kier molecular flexibility index (Phi) is 8.09. The lowest BCUT2D eigenvalue weighted by Gasteiger charge is -2.40. The Morgan fingerprint density at radius 1 is 1.03 bits per heavy atom. The number of nitrogens with one attached hydrogen (secondary N) is 2. The molecule has 2 fully saturated rings. The number of sulfonamides is 1. The zero-order valence-corrected chi connectivity index (χ0v) is 21.1. The number of amides is 1. The maximum absolute atomic E-state index is 14.8. The van der Waals surface area contributed by atoms with Crippen LogP contribution in [0.25, 0.3) is 0 Å². The fraction of sp³-hybridized carbons (Fsp3) is 0.440. The number of nitrogens with zero attached hydrogens (tertiary/aromatic N) is 1. The summed E-state index contributed by atoms with van der Waals surface area (Å²) in [5.41, 5.74) is 0.248. The van der Waals surface area contributed by atoms with Crippen LogP contribution >= 0.6 is 11.6 Å². The first kappa shape index (κ1) is 26.7. The van der Waals surface area contributed by atoms with Crippen LogP contribution in [0.5, 0.6) is 0 Å². The Bertz CT molecular complexity index is 1190. The van der Waals surface area contributed by atoms with Gasteiger partial charge in [-0.05, 0) is 56.1 Å². The first-order valence-electron chi connectivity index (χ1n) is 11.8. The third-order valence-corrected chi connectivity index (χ3v) is 8.87. The highest BCUT2D eigenvalue weighted by atomic mass is 35.5. The van der Waals surface area contributed by atoms with Gasteiger partial charge in [0.05, 0.1) is 10.9 Å². The maximum atomic E-state index is 14.8. The predicted molar refractivity (Wildman–Crippen MR) is 132 cm³/mol. The third kappa shape index (κ3) is 5.77. The molecule has 2 aliphatic rings. The maximum Gasteiger partial charge on any atom is 0.251 e. The molecule has 7 nitrogen and oxygen atoms in total. The zero-order chi connectivity index (χ0) is 25.9. The van der Waals surface area contributed by atoms with E-state index in [9.17, 15) is 26.8 Å². The lowest BCUT2D eigenvalue weighted by molar-refractivity contribution is -0.126. The van der Waals surface area contributed by atoms with E-state index >= 15 is 0 Å². The molecular formula is C25H28ClF2N3O4S. The average molecular weight is 540 g/mol. The summed E-state index contributed by atoms with van der Waals surface area (Å²) in [6.07, 6.45) is -0.745. The highest BCUT2D eigenvalue weighted by Gasteiger charge is 2.51. The molecule has 0 radical (unpaired) electrons.